The van der Waals surface area contributed by atoms with Crippen LogP contribution in [0.15, 0.2) is 0 Å². The van der Waals surface area contributed by atoms with Gasteiger partial charge in [-0.3, -0.25) is 0 Å². The first-order valence-electron chi connectivity index (χ1n) is 6.20. The average Bonchev–Trinajstić information content (AvgIpc) is 2.57. The van der Waals surface area contributed by atoms with E-state index in [0.717, 1.165) is 19.3 Å². The first kappa shape index (κ1) is 13.9. The van der Waals surface area contributed by atoms with Crippen molar-refractivity contribution in [1.82, 2.24) is 4.72 Å². The zero-order valence-corrected chi connectivity index (χ0v) is 11.1. The SMILES string of the molecule is CCC1CCC(NS(=O)(=O)CCCN)C1C. The molecule has 0 spiro atoms. The fraction of sp³-hybridized carbons (Fsp3) is 1.00. The molecule has 0 aromatic heterocycles. The molecular formula is C11H24N2O2S. The predicted molar refractivity (Wildman–Crippen MR) is 66.6 cm³/mol. The highest BCUT2D eigenvalue weighted by atomic mass is 32.2. The summed E-state index contributed by atoms with van der Waals surface area (Å²) in [7, 11) is -3.12. The van der Waals surface area contributed by atoms with Gasteiger partial charge in [-0.1, -0.05) is 20.3 Å². The minimum absolute atomic E-state index is 0.132. The highest BCUT2D eigenvalue weighted by molar-refractivity contribution is 7.89. The molecule has 0 radical (unpaired) electrons. The van der Waals surface area contributed by atoms with Gasteiger partial charge in [0.1, 0.15) is 0 Å². The quantitative estimate of drug-likeness (QED) is 0.739. The maximum Gasteiger partial charge on any atom is 0.211 e. The summed E-state index contributed by atoms with van der Waals surface area (Å²) in [4.78, 5) is 0. The van der Waals surface area contributed by atoms with Crippen molar-refractivity contribution in [3.63, 3.8) is 0 Å². The van der Waals surface area contributed by atoms with Crippen molar-refractivity contribution < 1.29 is 8.42 Å². The van der Waals surface area contributed by atoms with E-state index in [1.165, 1.54) is 0 Å². The topological polar surface area (TPSA) is 72.2 Å². The third kappa shape index (κ3) is 3.71. The molecule has 3 atom stereocenters. The van der Waals surface area contributed by atoms with Gasteiger partial charge in [-0.2, -0.15) is 0 Å². The summed E-state index contributed by atoms with van der Waals surface area (Å²) in [5.74, 6) is 1.28. The molecule has 0 heterocycles. The van der Waals surface area contributed by atoms with Crippen LogP contribution in [0, 0.1) is 11.8 Å². The van der Waals surface area contributed by atoms with Crippen LogP contribution in [0.4, 0.5) is 0 Å². The highest BCUT2D eigenvalue weighted by Crippen LogP contribution is 2.34. The Morgan fingerprint density at radius 1 is 1.38 bits per heavy atom. The van der Waals surface area contributed by atoms with Crippen LogP contribution in [0.3, 0.4) is 0 Å². The van der Waals surface area contributed by atoms with Gasteiger partial charge in [-0.25, -0.2) is 13.1 Å². The lowest BCUT2D eigenvalue weighted by Gasteiger charge is -2.20. The molecule has 0 saturated heterocycles. The van der Waals surface area contributed by atoms with Gasteiger partial charge in [0.05, 0.1) is 5.75 Å². The smallest absolute Gasteiger partial charge is 0.211 e. The average molecular weight is 248 g/mol. The summed E-state index contributed by atoms with van der Waals surface area (Å²) in [6, 6.07) is 0.132. The molecule has 96 valence electrons. The van der Waals surface area contributed by atoms with E-state index >= 15 is 0 Å². The van der Waals surface area contributed by atoms with E-state index in [1.807, 2.05) is 0 Å². The van der Waals surface area contributed by atoms with Crippen molar-refractivity contribution in [2.75, 3.05) is 12.3 Å². The van der Waals surface area contributed by atoms with E-state index in [4.69, 9.17) is 5.73 Å². The van der Waals surface area contributed by atoms with Crippen LogP contribution in [0.25, 0.3) is 0 Å². The third-order valence-corrected chi connectivity index (χ3v) is 5.19. The second-order valence-corrected chi connectivity index (χ2v) is 6.66. The standard InChI is InChI=1S/C11H24N2O2S/c1-3-10-5-6-11(9(10)2)13-16(14,15)8-4-7-12/h9-11,13H,3-8,12H2,1-2H3. The predicted octanol–water partition coefficient (Wildman–Crippen LogP) is 1.08. The van der Waals surface area contributed by atoms with Crippen LogP contribution < -0.4 is 10.5 Å². The maximum atomic E-state index is 11.7. The second kappa shape index (κ2) is 5.98. The Morgan fingerprint density at radius 3 is 2.56 bits per heavy atom. The number of rotatable bonds is 6. The van der Waals surface area contributed by atoms with Crippen LogP contribution >= 0.6 is 0 Å². The first-order chi connectivity index (χ1) is 7.50. The van der Waals surface area contributed by atoms with Crippen molar-refractivity contribution in [3.8, 4) is 0 Å². The van der Waals surface area contributed by atoms with Crippen molar-refractivity contribution >= 4 is 10.0 Å². The largest absolute Gasteiger partial charge is 0.330 e. The van der Waals surface area contributed by atoms with E-state index in [-0.39, 0.29) is 11.8 Å². The Kier molecular flexibility index (Phi) is 5.21. The number of hydrogen-bond donors (Lipinski definition) is 2. The maximum absolute atomic E-state index is 11.7. The Labute approximate surface area is 99.0 Å². The molecule has 1 saturated carbocycles. The van der Waals surface area contributed by atoms with E-state index in [1.54, 1.807) is 0 Å². The molecule has 4 nitrogen and oxygen atoms in total. The molecular weight excluding hydrogens is 224 g/mol. The molecule has 3 unspecified atom stereocenters. The number of nitrogens with one attached hydrogen (secondary N) is 1. The van der Waals surface area contributed by atoms with Crippen molar-refractivity contribution in [2.45, 2.75) is 45.6 Å². The van der Waals surface area contributed by atoms with Gasteiger partial charge in [0.15, 0.2) is 0 Å². The van der Waals surface area contributed by atoms with Crippen LogP contribution in [-0.2, 0) is 10.0 Å². The molecule has 0 aromatic rings. The Balaban J connectivity index is 2.49. The Hall–Kier alpha value is -0.130. The van der Waals surface area contributed by atoms with Gasteiger partial charge >= 0.3 is 0 Å². The number of sulfonamides is 1. The molecule has 16 heavy (non-hydrogen) atoms. The monoisotopic (exact) mass is 248 g/mol. The minimum Gasteiger partial charge on any atom is -0.330 e. The fourth-order valence-electron chi connectivity index (χ4n) is 2.55. The Morgan fingerprint density at radius 2 is 2.06 bits per heavy atom. The molecule has 1 aliphatic carbocycles. The number of nitrogens with two attached hydrogens (primary N) is 1. The Bertz CT molecular complexity index is 303. The molecule has 1 rings (SSSR count). The summed E-state index contributed by atoms with van der Waals surface area (Å²) in [5, 5.41) is 0. The van der Waals surface area contributed by atoms with Gasteiger partial charge in [0.2, 0.25) is 10.0 Å². The molecule has 1 fully saturated rings. The normalized spacial score (nSPS) is 30.8. The minimum atomic E-state index is -3.12. The summed E-state index contributed by atoms with van der Waals surface area (Å²) >= 11 is 0. The molecule has 0 bridgehead atoms. The highest BCUT2D eigenvalue weighted by Gasteiger charge is 2.33. The lowest BCUT2D eigenvalue weighted by Crippen LogP contribution is -2.39. The molecule has 0 aliphatic heterocycles. The van der Waals surface area contributed by atoms with Crippen LogP contribution in [0.1, 0.15) is 39.5 Å². The zero-order chi connectivity index (χ0) is 12.2. The van der Waals surface area contributed by atoms with Gasteiger partial charge in [-0.05, 0) is 37.6 Å². The van der Waals surface area contributed by atoms with Crippen molar-refractivity contribution in [1.29, 1.82) is 0 Å². The molecule has 0 aromatic carbocycles. The zero-order valence-electron chi connectivity index (χ0n) is 10.3. The third-order valence-electron chi connectivity index (χ3n) is 3.70. The van der Waals surface area contributed by atoms with E-state index in [9.17, 15) is 8.42 Å². The lowest BCUT2D eigenvalue weighted by molar-refractivity contribution is 0.368. The summed E-state index contributed by atoms with van der Waals surface area (Å²) in [6.07, 6.45) is 3.79. The first-order valence-corrected chi connectivity index (χ1v) is 7.85. The van der Waals surface area contributed by atoms with Gasteiger partial charge in [0, 0.05) is 6.04 Å². The van der Waals surface area contributed by atoms with E-state index in [2.05, 4.69) is 18.6 Å². The fourth-order valence-corrected chi connectivity index (χ4v) is 4.01. The van der Waals surface area contributed by atoms with E-state index in [0.29, 0.717) is 24.8 Å². The van der Waals surface area contributed by atoms with Crippen molar-refractivity contribution in [2.24, 2.45) is 17.6 Å². The molecule has 0 amide bonds. The van der Waals surface area contributed by atoms with Gasteiger partial charge in [0.25, 0.3) is 0 Å². The van der Waals surface area contributed by atoms with E-state index < -0.39 is 10.0 Å². The second-order valence-electron chi connectivity index (χ2n) is 4.79. The van der Waals surface area contributed by atoms with Crippen LogP contribution in [0.5, 0.6) is 0 Å². The molecule has 5 heteroatoms. The van der Waals surface area contributed by atoms with Crippen molar-refractivity contribution in [3.05, 3.63) is 0 Å². The summed E-state index contributed by atoms with van der Waals surface area (Å²) < 4.78 is 26.3. The summed E-state index contributed by atoms with van der Waals surface area (Å²) in [6.45, 7) is 4.75. The number of hydrogen-bond acceptors (Lipinski definition) is 3. The lowest BCUT2D eigenvalue weighted by atomic mass is 9.94. The molecule has 1 aliphatic rings. The van der Waals surface area contributed by atoms with Crippen LogP contribution in [0.2, 0.25) is 0 Å². The van der Waals surface area contributed by atoms with Gasteiger partial charge < -0.3 is 5.73 Å². The van der Waals surface area contributed by atoms with Crippen LogP contribution in [-0.4, -0.2) is 26.8 Å². The molecule has 3 N–H and O–H groups in total. The van der Waals surface area contributed by atoms with Gasteiger partial charge in [-0.15, -0.1) is 0 Å². The summed E-state index contributed by atoms with van der Waals surface area (Å²) in [5.41, 5.74) is 5.32.